The minimum Gasteiger partial charge on any atom is -0.369 e. The van der Waals surface area contributed by atoms with Gasteiger partial charge in [-0.05, 0) is 37.5 Å². The predicted molar refractivity (Wildman–Crippen MR) is 83.8 cm³/mol. The second-order valence-electron chi connectivity index (χ2n) is 5.96. The summed E-state index contributed by atoms with van der Waals surface area (Å²) in [6.45, 7) is 5.75. The third-order valence-electron chi connectivity index (χ3n) is 4.11. The molecule has 1 aromatic rings. The van der Waals surface area contributed by atoms with E-state index in [0.29, 0.717) is 0 Å². The number of hydrogen-bond acceptors (Lipinski definition) is 2. The van der Waals surface area contributed by atoms with Gasteiger partial charge in [0.05, 0.1) is 0 Å². The molecule has 116 valence electrons. The highest BCUT2D eigenvalue weighted by molar-refractivity contribution is 5.78. The molecule has 1 heterocycles. The number of carbonyl (C=O) groups excluding carboxylic acids is 1. The Morgan fingerprint density at radius 3 is 3.05 bits per heavy atom. The first-order valence-corrected chi connectivity index (χ1v) is 7.91. The van der Waals surface area contributed by atoms with Crippen LogP contribution in [0.2, 0.25) is 0 Å². The van der Waals surface area contributed by atoms with E-state index in [0.717, 1.165) is 44.5 Å². The zero-order chi connectivity index (χ0) is 15.2. The lowest BCUT2D eigenvalue weighted by atomic mass is 10.0. The van der Waals surface area contributed by atoms with Crippen molar-refractivity contribution in [3.05, 3.63) is 30.1 Å². The van der Waals surface area contributed by atoms with Crippen molar-refractivity contribution in [3.8, 4) is 0 Å². The van der Waals surface area contributed by atoms with Crippen molar-refractivity contribution in [1.29, 1.82) is 0 Å². The molecule has 1 amide bonds. The summed E-state index contributed by atoms with van der Waals surface area (Å²) in [5.74, 6) is -0.00212. The van der Waals surface area contributed by atoms with Gasteiger partial charge in [-0.25, -0.2) is 4.39 Å². The van der Waals surface area contributed by atoms with Gasteiger partial charge in [0.15, 0.2) is 0 Å². The molecule has 0 aromatic heterocycles. The Labute approximate surface area is 126 Å². The number of rotatable bonds is 5. The van der Waals surface area contributed by atoms with Crippen LogP contribution >= 0.6 is 0 Å². The standard InChI is InChI=1S/C17H25FN2O/c1-3-6-13(2)17(21)19-15-8-5-10-20(12-15)16-9-4-7-14(18)11-16/h4,7,9,11,13,15H,3,5-6,8,10,12H2,1-2H3,(H,19,21). The van der Waals surface area contributed by atoms with Crippen LogP contribution < -0.4 is 10.2 Å². The minimum atomic E-state index is -0.213. The van der Waals surface area contributed by atoms with Crippen molar-refractivity contribution in [3.63, 3.8) is 0 Å². The van der Waals surface area contributed by atoms with E-state index in [2.05, 4.69) is 17.1 Å². The number of benzene rings is 1. The maximum atomic E-state index is 13.3. The number of nitrogens with zero attached hydrogens (tertiary/aromatic N) is 1. The lowest BCUT2D eigenvalue weighted by molar-refractivity contribution is -0.125. The van der Waals surface area contributed by atoms with Crippen LogP contribution in [-0.2, 0) is 4.79 Å². The van der Waals surface area contributed by atoms with E-state index in [4.69, 9.17) is 0 Å². The lowest BCUT2D eigenvalue weighted by Crippen LogP contribution is -2.49. The third kappa shape index (κ3) is 4.45. The van der Waals surface area contributed by atoms with Crippen LogP contribution in [0.5, 0.6) is 0 Å². The fourth-order valence-electron chi connectivity index (χ4n) is 2.91. The van der Waals surface area contributed by atoms with Gasteiger partial charge in [0, 0.05) is 30.7 Å². The molecule has 1 N–H and O–H groups in total. The number of carbonyl (C=O) groups is 1. The van der Waals surface area contributed by atoms with Crippen molar-refractivity contribution in [2.24, 2.45) is 5.92 Å². The Balaban J connectivity index is 1.93. The molecule has 0 bridgehead atoms. The Kier molecular flexibility index (Phi) is 5.59. The van der Waals surface area contributed by atoms with Crippen LogP contribution in [0.4, 0.5) is 10.1 Å². The van der Waals surface area contributed by atoms with Gasteiger partial charge in [0.2, 0.25) is 5.91 Å². The number of piperidine rings is 1. The number of amides is 1. The molecular formula is C17H25FN2O. The Morgan fingerprint density at radius 2 is 2.33 bits per heavy atom. The van der Waals surface area contributed by atoms with E-state index in [1.54, 1.807) is 12.1 Å². The average molecular weight is 292 g/mol. The molecule has 1 aromatic carbocycles. The van der Waals surface area contributed by atoms with Gasteiger partial charge in [-0.15, -0.1) is 0 Å². The summed E-state index contributed by atoms with van der Waals surface area (Å²) >= 11 is 0. The first kappa shape index (κ1) is 15.8. The molecule has 4 heteroatoms. The quantitative estimate of drug-likeness (QED) is 0.902. The van der Waals surface area contributed by atoms with Gasteiger partial charge >= 0.3 is 0 Å². The van der Waals surface area contributed by atoms with Crippen LogP contribution in [0.1, 0.15) is 39.5 Å². The maximum absolute atomic E-state index is 13.3. The maximum Gasteiger partial charge on any atom is 0.223 e. The number of halogens is 1. The largest absolute Gasteiger partial charge is 0.369 e. The highest BCUT2D eigenvalue weighted by Gasteiger charge is 2.23. The van der Waals surface area contributed by atoms with Gasteiger partial charge in [-0.1, -0.05) is 26.3 Å². The van der Waals surface area contributed by atoms with E-state index in [9.17, 15) is 9.18 Å². The van der Waals surface area contributed by atoms with Gasteiger partial charge < -0.3 is 10.2 Å². The molecule has 1 aliphatic rings. The minimum absolute atomic E-state index is 0.0690. The van der Waals surface area contributed by atoms with Crippen LogP contribution in [0.3, 0.4) is 0 Å². The Bertz CT molecular complexity index is 478. The molecule has 0 aliphatic carbocycles. The highest BCUT2D eigenvalue weighted by Crippen LogP contribution is 2.21. The second kappa shape index (κ2) is 7.43. The SMILES string of the molecule is CCCC(C)C(=O)NC1CCCN(c2cccc(F)c2)C1. The molecule has 1 fully saturated rings. The Morgan fingerprint density at radius 1 is 1.52 bits per heavy atom. The van der Waals surface area contributed by atoms with Crippen LogP contribution in [-0.4, -0.2) is 25.0 Å². The molecular weight excluding hydrogens is 267 g/mol. The van der Waals surface area contributed by atoms with E-state index in [-0.39, 0.29) is 23.7 Å². The molecule has 0 radical (unpaired) electrons. The zero-order valence-electron chi connectivity index (χ0n) is 12.9. The zero-order valence-corrected chi connectivity index (χ0v) is 12.9. The lowest BCUT2D eigenvalue weighted by Gasteiger charge is -2.35. The number of hydrogen-bond donors (Lipinski definition) is 1. The van der Waals surface area contributed by atoms with Crippen molar-refractivity contribution in [2.75, 3.05) is 18.0 Å². The summed E-state index contributed by atoms with van der Waals surface area (Å²) in [6.07, 6.45) is 3.96. The fourth-order valence-corrected chi connectivity index (χ4v) is 2.91. The normalized spacial score (nSPS) is 20.1. The molecule has 3 nitrogen and oxygen atoms in total. The molecule has 1 aliphatic heterocycles. The van der Waals surface area contributed by atoms with Crippen molar-refractivity contribution in [2.45, 2.75) is 45.6 Å². The van der Waals surface area contributed by atoms with Crippen molar-refractivity contribution in [1.82, 2.24) is 5.32 Å². The number of anilines is 1. The topological polar surface area (TPSA) is 32.3 Å². The molecule has 0 saturated carbocycles. The molecule has 2 rings (SSSR count). The summed E-state index contributed by atoms with van der Waals surface area (Å²) in [7, 11) is 0. The van der Waals surface area contributed by atoms with Crippen molar-refractivity contribution < 1.29 is 9.18 Å². The van der Waals surface area contributed by atoms with Gasteiger partial charge in [-0.3, -0.25) is 4.79 Å². The average Bonchev–Trinajstić information content (AvgIpc) is 2.48. The summed E-state index contributed by atoms with van der Waals surface area (Å²) in [5, 5.41) is 3.14. The van der Waals surface area contributed by atoms with Crippen LogP contribution in [0.15, 0.2) is 24.3 Å². The first-order valence-electron chi connectivity index (χ1n) is 7.91. The van der Waals surface area contributed by atoms with E-state index < -0.39 is 0 Å². The summed E-state index contributed by atoms with van der Waals surface area (Å²) < 4.78 is 13.3. The number of nitrogens with one attached hydrogen (secondary N) is 1. The first-order chi connectivity index (χ1) is 10.1. The van der Waals surface area contributed by atoms with Crippen LogP contribution in [0.25, 0.3) is 0 Å². The predicted octanol–water partition coefficient (Wildman–Crippen LogP) is 3.35. The second-order valence-corrected chi connectivity index (χ2v) is 5.96. The summed E-state index contributed by atoms with van der Waals surface area (Å²) in [6, 6.07) is 6.83. The fraction of sp³-hybridized carbons (Fsp3) is 0.588. The van der Waals surface area contributed by atoms with E-state index >= 15 is 0 Å². The molecule has 0 spiro atoms. The summed E-state index contributed by atoms with van der Waals surface area (Å²) in [5.41, 5.74) is 0.899. The molecule has 21 heavy (non-hydrogen) atoms. The van der Waals surface area contributed by atoms with Gasteiger partial charge in [0.1, 0.15) is 5.82 Å². The van der Waals surface area contributed by atoms with E-state index in [1.165, 1.54) is 6.07 Å². The molecule has 2 atom stereocenters. The molecule has 2 unspecified atom stereocenters. The smallest absolute Gasteiger partial charge is 0.223 e. The molecule has 1 saturated heterocycles. The van der Waals surface area contributed by atoms with Crippen molar-refractivity contribution >= 4 is 11.6 Å². The third-order valence-corrected chi connectivity index (χ3v) is 4.11. The van der Waals surface area contributed by atoms with E-state index in [1.807, 2.05) is 13.0 Å². The van der Waals surface area contributed by atoms with Gasteiger partial charge in [-0.2, -0.15) is 0 Å². The Hall–Kier alpha value is -1.58. The summed E-state index contributed by atoms with van der Waals surface area (Å²) in [4.78, 5) is 14.3. The van der Waals surface area contributed by atoms with Gasteiger partial charge in [0.25, 0.3) is 0 Å². The van der Waals surface area contributed by atoms with Crippen LogP contribution in [0, 0.1) is 11.7 Å². The monoisotopic (exact) mass is 292 g/mol. The highest BCUT2D eigenvalue weighted by atomic mass is 19.1.